The molecule has 2 rings (SSSR count). The molecular weight excluding hydrogens is 158 g/mol. The monoisotopic (exact) mass is 179 g/mol. The molecule has 0 aromatic rings. The molecule has 0 aromatic carbocycles. The van der Waals surface area contributed by atoms with E-state index in [0.29, 0.717) is 5.41 Å². The smallest absolute Gasteiger partial charge is 0.00425 e. The summed E-state index contributed by atoms with van der Waals surface area (Å²) in [6, 6.07) is 0. The van der Waals surface area contributed by atoms with Gasteiger partial charge in [-0.3, -0.25) is 0 Å². The van der Waals surface area contributed by atoms with Crippen LogP contribution >= 0.6 is 0 Å². The molecule has 2 saturated carbocycles. The predicted octanol–water partition coefficient (Wildman–Crippen LogP) is 3.01. The molecule has 0 aliphatic heterocycles. The molecule has 0 aromatic heterocycles. The fraction of sp³-hybridized carbons (Fsp3) is 0.833. The molecule has 74 valence electrons. The van der Waals surface area contributed by atoms with E-state index in [1.165, 1.54) is 44.9 Å². The van der Waals surface area contributed by atoms with E-state index in [4.69, 9.17) is 5.73 Å². The average Bonchev–Trinajstić information content (AvgIpc) is 2.18. The molecule has 2 fully saturated rings. The van der Waals surface area contributed by atoms with Crippen LogP contribution in [-0.4, -0.2) is 6.54 Å². The minimum atomic E-state index is 0.674. The first-order valence-corrected chi connectivity index (χ1v) is 5.77. The van der Waals surface area contributed by atoms with E-state index >= 15 is 0 Å². The third-order valence-electron chi connectivity index (χ3n) is 3.92. The zero-order chi connectivity index (χ0) is 9.15. The summed E-state index contributed by atoms with van der Waals surface area (Å²) in [4.78, 5) is 0. The van der Waals surface area contributed by atoms with E-state index in [2.05, 4.69) is 6.08 Å². The number of hydrogen-bond acceptors (Lipinski definition) is 1. The van der Waals surface area contributed by atoms with Gasteiger partial charge in [-0.2, -0.15) is 0 Å². The summed E-state index contributed by atoms with van der Waals surface area (Å²) in [5.41, 5.74) is 7.95. The van der Waals surface area contributed by atoms with Crippen molar-refractivity contribution in [2.75, 3.05) is 6.54 Å². The maximum Gasteiger partial charge on any atom is -0.00425 e. The van der Waals surface area contributed by atoms with Crippen molar-refractivity contribution in [2.24, 2.45) is 11.1 Å². The molecule has 0 radical (unpaired) electrons. The van der Waals surface area contributed by atoms with Crippen molar-refractivity contribution in [2.45, 2.75) is 51.4 Å². The highest BCUT2D eigenvalue weighted by atomic mass is 14.5. The van der Waals surface area contributed by atoms with Crippen LogP contribution in [0.25, 0.3) is 0 Å². The molecule has 1 heteroatoms. The summed E-state index contributed by atoms with van der Waals surface area (Å²) in [6.45, 7) is 0.819. The van der Waals surface area contributed by atoms with Crippen molar-refractivity contribution >= 4 is 0 Å². The first-order chi connectivity index (χ1) is 6.37. The minimum Gasteiger partial charge on any atom is -0.330 e. The van der Waals surface area contributed by atoms with Crippen molar-refractivity contribution in [3.05, 3.63) is 11.6 Å². The second-order valence-corrected chi connectivity index (χ2v) is 4.65. The van der Waals surface area contributed by atoms with Crippen LogP contribution in [-0.2, 0) is 0 Å². The van der Waals surface area contributed by atoms with Gasteiger partial charge in [0.25, 0.3) is 0 Å². The van der Waals surface area contributed by atoms with Crippen LogP contribution in [0.3, 0.4) is 0 Å². The molecule has 0 unspecified atom stereocenters. The number of rotatable bonds is 2. The Hall–Kier alpha value is -0.300. The number of allylic oxidation sites excluding steroid dienone is 1. The summed E-state index contributed by atoms with van der Waals surface area (Å²) >= 11 is 0. The zero-order valence-corrected chi connectivity index (χ0v) is 8.52. The summed E-state index contributed by atoms with van der Waals surface area (Å²) in [7, 11) is 0. The Balaban J connectivity index is 1.98. The molecular formula is C12H21N. The van der Waals surface area contributed by atoms with E-state index in [1.807, 2.05) is 0 Å². The van der Waals surface area contributed by atoms with Crippen molar-refractivity contribution in [1.82, 2.24) is 0 Å². The molecule has 0 amide bonds. The molecule has 2 N–H and O–H groups in total. The van der Waals surface area contributed by atoms with E-state index in [9.17, 15) is 0 Å². The topological polar surface area (TPSA) is 26.0 Å². The van der Waals surface area contributed by atoms with Crippen LogP contribution in [0.2, 0.25) is 0 Å². The van der Waals surface area contributed by atoms with Gasteiger partial charge < -0.3 is 5.73 Å². The summed E-state index contributed by atoms with van der Waals surface area (Å²) in [6.07, 6.45) is 13.6. The van der Waals surface area contributed by atoms with Gasteiger partial charge in [-0.05, 0) is 44.1 Å². The van der Waals surface area contributed by atoms with Gasteiger partial charge in [0, 0.05) is 0 Å². The predicted molar refractivity (Wildman–Crippen MR) is 56.5 cm³/mol. The van der Waals surface area contributed by atoms with Gasteiger partial charge >= 0.3 is 0 Å². The molecule has 1 spiro atoms. The highest BCUT2D eigenvalue weighted by molar-refractivity contribution is 5.24. The minimum absolute atomic E-state index is 0.674. The van der Waals surface area contributed by atoms with Gasteiger partial charge in [0.1, 0.15) is 0 Å². The summed E-state index contributed by atoms with van der Waals surface area (Å²) in [5.74, 6) is 0. The number of nitrogens with two attached hydrogens (primary N) is 1. The average molecular weight is 179 g/mol. The molecule has 0 saturated heterocycles. The van der Waals surface area contributed by atoms with Crippen LogP contribution in [0, 0.1) is 5.41 Å². The highest BCUT2D eigenvalue weighted by Gasteiger charge is 2.41. The van der Waals surface area contributed by atoms with Crippen LogP contribution in [0.4, 0.5) is 0 Å². The third-order valence-corrected chi connectivity index (χ3v) is 3.92. The van der Waals surface area contributed by atoms with Gasteiger partial charge in [0.05, 0.1) is 0 Å². The lowest BCUT2D eigenvalue weighted by molar-refractivity contribution is 0.159. The normalized spacial score (nSPS) is 29.2. The lowest BCUT2D eigenvalue weighted by Crippen LogP contribution is -2.34. The Bertz CT molecular complexity index is 199. The Labute approximate surface area is 81.4 Å². The van der Waals surface area contributed by atoms with Crippen molar-refractivity contribution < 1.29 is 0 Å². The molecule has 0 atom stereocenters. The van der Waals surface area contributed by atoms with Crippen molar-refractivity contribution in [3.8, 4) is 0 Å². The molecule has 2 aliphatic carbocycles. The molecule has 13 heavy (non-hydrogen) atoms. The Morgan fingerprint density at radius 3 is 2.46 bits per heavy atom. The fourth-order valence-electron chi connectivity index (χ4n) is 3.00. The first kappa shape index (κ1) is 9.26. The second kappa shape index (κ2) is 3.83. The first-order valence-electron chi connectivity index (χ1n) is 5.77. The van der Waals surface area contributed by atoms with Crippen molar-refractivity contribution in [3.63, 3.8) is 0 Å². The number of hydrogen-bond donors (Lipinski definition) is 1. The fourth-order valence-corrected chi connectivity index (χ4v) is 3.00. The third kappa shape index (κ3) is 1.67. The van der Waals surface area contributed by atoms with Gasteiger partial charge in [-0.15, -0.1) is 0 Å². The molecule has 1 nitrogen and oxygen atoms in total. The largest absolute Gasteiger partial charge is 0.330 e. The van der Waals surface area contributed by atoms with E-state index < -0.39 is 0 Å². The zero-order valence-electron chi connectivity index (χ0n) is 8.52. The molecule has 2 aliphatic rings. The van der Waals surface area contributed by atoms with Crippen LogP contribution in [0.5, 0.6) is 0 Å². The maximum atomic E-state index is 5.53. The highest BCUT2D eigenvalue weighted by Crippen LogP contribution is 2.55. The lowest BCUT2D eigenvalue weighted by Gasteiger charge is -2.48. The van der Waals surface area contributed by atoms with Crippen molar-refractivity contribution in [1.29, 1.82) is 0 Å². The molecule has 0 bridgehead atoms. The quantitative estimate of drug-likeness (QED) is 0.648. The Kier molecular flexibility index (Phi) is 2.73. The van der Waals surface area contributed by atoms with Crippen LogP contribution in [0.1, 0.15) is 51.4 Å². The van der Waals surface area contributed by atoms with E-state index in [-0.39, 0.29) is 0 Å². The summed E-state index contributed by atoms with van der Waals surface area (Å²) < 4.78 is 0. The molecule has 0 heterocycles. The van der Waals surface area contributed by atoms with Crippen LogP contribution in [0.15, 0.2) is 11.6 Å². The second-order valence-electron chi connectivity index (χ2n) is 4.65. The van der Waals surface area contributed by atoms with E-state index in [1.54, 1.807) is 5.57 Å². The van der Waals surface area contributed by atoms with Gasteiger partial charge in [0.2, 0.25) is 0 Å². The summed E-state index contributed by atoms with van der Waals surface area (Å²) in [5, 5.41) is 0. The van der Waals surface area contributed by atoms with Gasteiger partial charge in [0.15, 0.2) is 0 Å². The standard InChI is InChI=1S/C12H21N/c13-10-4-5-11-6-9-12(11)7-2-1-3-8-12/h5H,1-4,6-10,13H2/b11-5-. The maximum absolute atomic E-state index is 5.53. The Morgan fingerprint density at radius 2 is 1.92 bits per heavy atom. The SMILES string of the molecule is NCC/C=C1/CCC12CCCCC2. The van der Waals surface area contributed by atoms with E-state index in [0.717, 1.165) is 13.0 Å². The van der Waals surface area contributed by atoms with Gasteiger partial charge in [-0.1, -0.05) is 30.9 Å². The Morgan fingerprint density at radius 1 is 1.15 bits per heavy atom. The van der Waals surface area contributed by atoms with Crippen LogP contribution < -0.4 is 5.73 Å². The van der Waals surface area contributed by atoms with Gasteiger partial charge in [-0.25, -0.2) is 0 Å². The lowest BCUT2D eigenvalue weighted by atomic mass is 9.57.